The van der Waals surface area contributed by atoms with Gasteiger partial charge in [-0.25, -0.2) is 4.98 Å². The highest BCUT2D eigenvalue weighted by molar-refractivity contribution is 5.99. The molecule has 5 rings (SSSR count). The number of aromatic nitrogens is 4. The summed E-state index contributed by atoms with van der Waals surface area (Å²) in [5.41, 5.74) is 3.12. The fourth-order valence-electron chi connectivity index (χ4n) is 4.56. The smallest absolute Gasteiger partial charge is 0.283 e. The molecule has 3 N–H and O–H groups in total. The molecule has 4 aromatic rings. The van der Waals surface area contributed by atoms with Gasteiger partial charge in [-0.2, -0.15) is 9.97 Å². The zero-order valence-electron chi connectivity index (χ0n) is 21.6. The van der Waals surface area contributed by atoms with Crippen molar-refractivity contribution < 1.29 is 9.90 Å². The third kappa shape index (κ3) is 6.11. The molecule has 11 heteroatoms. The van der Waals surface area contributed by atoms with E-state index in [1.807, 2.05) is 25.1 Å². The molecule has 39 heavy (non-hydrogen) atoms. The largest absolute Gasteiger partial charge is 0.392 e. The number of β-amino-alcohol motifs (C(OH)–C–C–N with tert-alkyl or cyclic N) is 1. The highest BCUT2D eigenvalue weighted by Crippen LogP contribution is 2.23. The minimum atomic E-state index is -0.429. The number of aliphatic hydroxyl groups excluding tert-OH is 1. The normalized spacial score (nSPS) is 14.7. The summed E-state index contributed by atoms with van der Waals surface area (Å²) in [6, 6.07) is 15.2. The van der Waals surface area contributed by atoms with Gasteiger partial charge < -0.3 is 20.6 Å². The monoisotopic (exact) mass is 526 g/mol. The van der Waals surface area contributed by atoms with Crippen LogP contribution in [0.4, 0.5) is 23.0 Å². The first-order valence-electron chi connectivity index (χ1n) is 12.7. The summed E-state index contributed by atoms with van der Waals surface area (Å²) >= 11 is 0. The molecule has 11 nitrogen and oxygen atoms in total. The standard InChI is InChI=1S/C28H30N8O3/c1-3-25(38)31-21-5-4-6-23(15-21)36-18-30-27(39)24-16-29-28(33-26(24)36)32-20-7-9-22(10-8-20)35-13-11-34(12-14-35)17-19(2)37/h3-10,15-16,18-19,37H,1,11-14,17H2,2H3,(H,31,38)(H,29,32,33)/t19-/m0/s1. The SMILES string of the molecule is C=CC(=O)Nc1cccc(-n2cnc(=O)c3cnc(Nc4ccc(N5CCN(C[C@H](C)O)CC5)cc4)nc32)c1. The number of benzene rings is 2. The Hall–Kier alpha value is -4.61. The second-order valence-corrected chi connectivity index (χ2v) is 9.40. The number of amides is 1. The fraction of sp³-hybridized carbons (Fsp3) is 0.250. The predicted octanol–water partition coefficient (Wildman–Crippen LogP) is 2.55. The number of fused-ring (bicyclic) bond motifs is 1. The summed E-state index contributed by atoms with van der Waals surface area (Å²) in [6.45, 7) is 9.61. The van der Waals surface area contributed by atoms with Crippen molar-refractivity contribution in [3.63, 3.8) is 0 Å². The van der Waals surface area contributed by atoms with Crippen molar-refractivity contribution in [2.24, 2.45) is 0 Å². The first kappa shape index (κ1) is 26.0. The van der Waals surface area contributed by atoms with Crippen molar-refractivity contribution in [2.45, 2.75) is 13.0 Å². The number of nitrogens with zero attached hydrogens (tertiary/aromatic N) is 6. The van der Waals surface area contributed by atoms with Crippen LogP contribution in [0.15, 0.2) is 78.5 Å². The Kier molecular flexibility index (Phi) is 7.62. The third-order valence-electron chi connectivity index (χ3n) is 6.48. The van der Waals surface area contributed by atoms with Crippen LogP contribution >= 0.6 is 0 Å². The average molecular weight is 527 g/mol. The topological polar surface area (TPSA) is 129 Å². The van der Waals surface area contributed by atoms with Gasteiger partial charge in [0.05, 0.1) is 11.8 Å². The molecule has 0 radical (unpaired) electrons. The van der Waals surface area contributed by atoms with Crippen LogP contribution in [-0.4, -0.2) is 74.3 Å². The first-order chi connectivity index (χ1) is 18.9. The molecule has 1 atom stereocenters. The minimum absolute atomic E-state index is 0.272. The van der Waals surface area contributed by atoms with E-state index < -0.39 is 5.56 Å². The van der Waals surface area contributed by atoms with Crippen LogP contribution in [0.25, 0.3) is 16.7 Å². The molecule has 0 unspecified atom stereocenters. The van der Waals surface area contributed by atoms with Crippen LogP contribution < -0.4 is 21.1 Å². The molecule has 1 aliphatic rings. The number of anilines is 4. The number of piperazine rings is 1. The van der Waals surface area contributed by atoms with Gasteiger partial charge in [-0.3, -0.25) is 19.1 Å². The number of aliphatic hydroxyl groups is 1. The number of carbonyl (C=O) groups excluding carboxylic acids is 1. The van der Waals surface area contributed by atoms with Crippen LogP contribution in [0.2, 0.25) is 0 Å². The van der Waals surface area contributed by atoms with Gasteiger partial charge in [0.25, 0.3) is 5.56 Å². The van der Waals surface area contributed by atoms with Gasteiger partial charge in [-0.05, 0) is 55.5 Å². The van der Waals surface area contributed by atoms with Gasteiger partial charge >= 0.3 is 0 Å². The molecule has 1 aliphatic heterocycles. The number of rotatable bonds is 8. The van der Waals surface area contributed by atoms with Crippen molar-refractivity contribution in [2.75, 3.05) is 48.3 Å². The van der Waals surface area contributed by atoms with Gasteiger partial charge in [-0.1, -0.05) is 12.6 Å². The molecule has 200 valence electrons. The van der Waals surface area contributed by atoms with E-state index in [9.17, 15) is 14.7 Å². The van der Waals surface area contributed by atoms with Crippen molar-refractivity contribution in [3.05, 3.63) is 84.1 Å². The molecule has 2 aromatic heterocycles. The van der Waals surface area contributed by atoms with E-state index in [1.165, 1.54) is 18.6 Å². The van der Waals surface area contributed by atoms with Crippen LogP contribution in [0.5, 0.6) is 0 Å². The Morgan fingerprint density at radius 2 is 1.85 bits per heavy atom. The van der Waals surface area contributed by atoms with E-state index in [2.05, 4.69) is 54.1 Å². The molecule has 0 saturated carbocycles. The fourth-order valence-corrected chi connectivity index (χ4v) is 4.56. The summed E-state index contributed by atoms with van der Waals surface area (Å²) in [6.07, 6.45) is 3.74. The molecule has 1 saturated heterocycles. The van der Waals surface area contributed by atoms with Crippen LogP contribution in [0, 0.1) is 0 Å². The quantitative estimate of drug-likeness (QED) is 0.297. The second-order valence-electron chi connectivity index (χ2n) is 9.40. The van der Waals surface area contributed by atoms with E-state index in [-0.39, 0.29) is 17.4 Å². The lowest BCUT2D eigenvalue weighted by Crippen LogP contribution is -2.48. The van der Waals surface area contributed by atoms with Gasteiger partial charge in [0.15, 0.2) is 5.65 Å². The van der Waals surface area contributed by atoms with Crippen LogP contribution in [0.3, 0.4) is 0 Å². The molecular formula is C28H30N8O3. The predicted molar refractivity (Wildman–Crippen MR) is 152 cm³/mol. The number of nitrogens with one attached hydrogen (secondary N) is 2. The molecule has 0 bridgehead atoms. The van der Waals surface area contributed by atoms with Gasteiger partial charge in [0.1, 0.15) is 11.7 Å². The maximum Gasteiger partial charge on any atom is 0.283 e. The average Bonchev–Trinajstić information content (AvgIpc) is 2.94. The van der Waals surface area contributed by atoms with Gasteiger partial charge in [0, 0.05) is 56.0 Å². The number of hydrogen-bond acceptors (Lipinski definition) is 9. The number of hydrogen-bond donors (Lipinski definition) is 3. The van der Waals surface area contributed by atoms with Crippen molar-refractivity contribution >= 4 is 40.0 Å². The Morgan fingerprint density at radius 1 is 1.08 bits per heavy atom. The van der Waals surface area contributed by atoms with E-state index in [1.54, 1.807) is 22.8 Å². The van der Waals surface area contributed by atoms with Gasteiger partial charge in [-0.15, -0.1) is 0 Å². The Labute approximate surface area is 225 Å². The summed E-state index contributed by atoms with van der Waals surface area (Å²) in [4.78, 5) is 41.7. The Bertz CT molecular complexity index is 1540. The van der Waals surface area contributed by atoms with Crippen LogP contribution in [-0.2, 0) is 4.79 Å². The molecule has 1 fully saturated rings. The first-order valence-corrected chi connectivity index (χ1v) is 12.7. The summed E-state index contributed by atoms with van der Waals surface area (Å²) < 4.78 is 1.67. The molecule has 0 aliphatic carbocycles. The summed E-state index contributed by atoms with van der Waals surface area (Å²) in [5.74, 6) is 0.00547. The van der Waals surface area contributed by atoms with E-state index in [0.717, 1.165) is 37.6 Å². The second kappa shape index (κ2) is 11.4. The minimum Gasteiger partial charge on any atom is -0.392 e. The molecule has 2 aromatic carbocycles. The van der Waals surface area contributed by atoms with Gasteiger partial charge in [0.2, 0.25) is 11.9 Å². The zero-order valence-corrected chi connectivity index (χ0v) is 21.6. The lowest BCUT2D eigenvalue weighted by Gasteiger charge is -2.36. The van der Waals surface area contributed by atoms with Crippen molar-refractivity contribution in [1.29, 1.82) is 0 Å². The Balaban J connectivity index is 1.35. The van der Waals surface area contributed by atoms with E-state index >= 15 is 0 Å². The number of carbonyl (C=O) groups is 1. The van der Waals surface area contributed by atoms with Crippen LogP contribution in [0.1, 0.15) is 6.92 Å². The van der Waals surface area contributed by atoms with Crippen molar-refractivity contribution in [1.82, 2.24) is 24.4 Å². The zero-order chi connectivity index (χ0) is 27.4. The maximum absolute atomic E-state index is 12.4. The molecule has 3 heterocycles. The Morgan fingerprint density at radius 3 is 2.56 bits per heavy atom. The highest BCUT2D eigenvalue weighted by Gasteiger charge is 2.18. The third-order valence-corrected chi connectivity index (χ3v) is 6.48. The lowest BCUT2D eigenvalue weighted by atomic mass is 10.2. The summed E-state index contributed by atoms with van der Waals surface area (Å²) in [5, 5.41) is 15.8. The summed E-state index contributed by atoms with van der Waals surface area (Å²) in [7, 11) is 0. The molecule has 0 spiro atoms. The van der Waals surface area contributed by atoms with E-state index in [4.69, 9.17) is 0 Å². The lowest BCUT2D eigenvalue weighted by molar-refractivity contribution is -0.111. The maximum atomic E-state index is 12.4. The van der Waals surface area contributed by atoms with Crippen molar-refractivity contribution in [3.8, 4) is 5.69 Å². The highest BCUT2D eigenvalue weighted by atomic mass is 16.3. The molecular weight excluding hydrogens is 496 g/mol. The van der Waals surface area contributed by atoms with E-state index in [0.29, 0.717) is 29.5 Å². The molecule has 1 amide bonds.